The summed E-state index contributed by atoms with van der Waals surface area (Å²) in [6, 6.07) is 5.11. The maximum absolute atomic E-state index is 13.1. The molecule has 194 valence electrons. The van der Waals surface area contributed by atoms with Crippen LogP contribution in [0.25, 0.3) is 0 Å². The lowest BCUT2D eigenvalue weighted by Crippen LogP contribution is -2.54. The quantitative estimate of drug-likeness (QED) is 0.402. The summed E-state index contributed by atoms with van der Waals surface area (Å²) in [5.74, 6) is -2.06. The third-order valence-electron chi connectivity index (χ3n) is 6.17. The highest BCUT2D eigenvalue weighted by Crippen LogP contribution is 2.29. The van der Waals surface area contributed by atoms with Gasteiger partial charge in [0.25, 0.3) is 11.8 Å². The highest BCUT2D eigenvalue weighted by Gasteiger charge is 2.39. The topological polar surface area (TPSA) is 142 Å². The number of aliphatic carboxylic acids is 1. The zero-order chi connectivity index (χ0) is 26.6. The van der Waals surface area contributed by atoms with Crippen molar-refractivity contribution in [1.82, 2.24) is 15.4 Å². The van der Waals surface area contributed by atoms with Crippen molar-refractivity contribution >= 4 is 29.4 Å². The summed E-state index contributed by atoms with van der Waals surface area (Å²) >= 11 is 6.40. The van der Waals surface area contributed by atoms with E-state index in [2.05, 4.69) is 10.5 Å². The number of ether oxygens (including phenoxy) is 1. The average molecular weight is 520 g/mol. The van der Waals surface area contributed by atoms with E-state index in [1.807, 2.05) is 6.92 Å². The highest BCUT2D eigenvalue weighted by atomic mass is 35.5. The smallest absolute Gasteiger partial charge is 0.329 e. The number of carboxylic acid groups (broad SMARTS) is 1. The van der Waals surface area contributed by atoms with Crippen molar-refractivity contribution in [3.63, 3.8) is 0 Å². The molecule has 0 saturated carbocycles. The molecule has 0 saturated heterocycles. The summed E-state index contributed by atoms with van der Waals surface area (Å²) in [5, 5.41) is 26.5. The van der Waals surface area contributed by atoms with Crippen molar-refractivity contribution in [3.05, 3.63) is 57.1 Å². The molecule has 1 aliphatic rings. The molecule has 0 radical (unpaired) electrons. The second-order valence-electron chi connectivity index (χ2n) is 9.00. The number of aliphatic hydroxyl groups excluding tert-OH is 1. The molecule has 36 heavy (non-hydrogen) atoms. The molecule has 3 rings (SSSR count). The Kier molecular flexibility index (Phi) is 8.29. The number of rotatable bonds is 10. The molecule has 1 aliphatic heterocycles. The molecule has 1 aromatic heterocycles. The Morgan fingerprint density at radius 1 is 1.33 bits per heavy atom. The number of hydrogen-bond donors (Lipinski definition) is 3. The predicted molar refractivity (Wildman–Crippen MR) is 131 cm³/mol. The van der Waals surface area contributed by atoms with E-state index in [4.69, 9.17) is 20.9 Å². The molecule has 2 heterocycles. The Labute approximate surface area is 213 Å². The van der Waals surface area contributed by atoms with Gasteiger partial charge in [-0.3, -0.25) is 9.59 Å². The normalized spacial score (nSPS) is 15.6. The Morgan fingerprint density at radius 3 is 2.64 bits per heavy atom. The van der Waals surface area contributed by atoms with Crippen molar-refractivity contribution < 1.29 is 33.9 Å². The van der Waals surface area contributed by atoms with Crippen LogP contribution >= 0.6 is 11.6 Å². The van der Waals surface area contributed by atoms with Crippen LogP contribution in [0.4, 0.5) is 0 Å². The number of nitrogens with zero attached hydrogens (tertiary/aromatic N) is 2. The summed E-state index contributed by atoms with van der Waals surface area (Å²) in [6.45, 7) is 7.34. The second-order valence-corrected chi connectivity index (χ2v) is 9.40. The number of carbonyl (C=O) groups excluding carboxylic acids is 2. The molecule has 1 aromatic carbocycles. The van der Waals surface area contributed by atoms with Crippen molar-refractivity contribution in [1.29, 1.82) is 0 Å². The van der Waals surface area contributed by atoms with Gasteiger partial charge in [0, 0.05) is 19.5 Å². The van der Waals surface area contributed by atoms with Gasteiger partial charge in [0.15, 0.2) is 0 Å². The van der Waals surface area contributed by atoms with Gasteiger partial charge in [-0.25, -0.2) is 4.79 Å². The second kappa shape index (κ2) is 11.0. The van der Waals surface area contributed by atoms with Gasteiger partial charge < -0.3 is 29.7 Å². The van der Waals surface area contributed by atoms with Crippen LogP contribution < -0.4 is 10.1 Å². The number of carboxylic acids is 1. The van der Waals surface area contributed by atoms with Crippen LogP contribution in [-0.2, 0) is 27.5 Å². The zero-order valence-corrected chi connectivity index (χ0v) is 21.4. The molecule has 0 bridgehead atoms. The Balaban J connectivity index is 1.70. The third-order valence-corrected chi connectivity index (χ3v) is 6.47. The van der Waals surface area contributed by atoms with Crippen molar-refractivity contribution in [3.8, 4) is 5.75 Å². The minimum Gasteiger partial charge on any atom is -0.511 e. The SMILES string of the molecule is CCCC(C)(NC(=O)C1=C(O)CCN(Cc2ccc(OCc3c(C)noc3C)c(Cl)c2)C1=O)C(=O)O. The van der Waals surface area contributed by atoms with Crippen LogP contribution in [0.3, 0.4) is 0 Å². The molecule has 0 fully saturated rings. The maximum atomic E-state index is 13.1. The van der Waals surface area contributed by atoms with Crippen molar-refractivity contribution in [2.24, 2.45) is 0 Å². The van der Waals surface area contributed by atoms with Gasteiger partial charge in [-0.15, -0.1) is 0 Å². The first-order valence-electron chi connectivity index (χ1n) is 11.6. The average Bonchev–Trinajstić information content (AvgIpc) is 3.12. The molecule has 10 nitrogen and oxygen atoms in total. The lowest BCUT2D eigenvalue weighted by molar-refractivity contribution is -0.147. The minimum absolute atomic E-state index is 0.0679. The number of aryl methyl sites for hydroxylation is 2. The van der Waals surface area contributed by atoms with Crippen LogP contribution in [0.2, 0.25) is 5.02 Å². The Bertz CT molecular complexity index is 1190. The van der Waals surface area contributed by atoms with Gasteiger partial charge in [-0.1, -0.05) is 36.2 Å². The molecule has 11 heteroatoms. The molecular formula is C25H30ClN3O7. The van der Waals surface area contributed by atoms with Crippen LogP contribution in [0.1, 0.15) is 55.7 Å². The van der Waals surface area contributed by atoms with E-state index in [9.17, 15) is 24.6 Å². The van der Waals surface area contributed by atoms with E-state index in [1.165, 1.54) is 11.8 Å². The first-order valence-corrected chi connectivity index (χ1v) is 11.9. The predicted octanol–water partition coefficient (Wildman–Crippen LogP) is 3.83. The van der Waals surface area contributed by atoms with E-state index in [1.54, 1.807) is 32.0 Å². The van der Waals surface area contributed by atoms with E-state index in [0.29, 0.717) is 28.5 Å². The fraction of sp³-hybridized carbons (Fsp3) is 0.440. The number of hydrogen-bond acceptors (Lipinski definition) is 7. The van der Waals surface area contributed by atoms with Crippen LogP contribution in [-0.4, -0.2) is 50.1 Å². The van der Waals surface area contributed by atoms with Crippen LogP contribution in [0, 0.1) is 13.8 Å². The van der Waals surface area contributed by atoms with E-state index in [0.717, 1.165) is 11.3 Å². The molecule has 1 atom stereocenters. The zero-order valence-electron chi connectivity index (χ0n) is 20.7. The van der Waals surface area contributed by atoms with Crippen molar-refractivity contribution in [2.75, 3.05) is 6.54 Å². The number of carbonyl (C=O) groups is 3. The molecular weight excluding hydrogens is 490 g/mol. The lowest BCUT2D eigenvalue weighted by Gasteiger charge is -2.31. The van der Waals surface area contributed by atoms with Crippen molar-refractivity contribution in [2.45, 2.75) is 65.6 Å². The Hall–Kier alpha value is -3.53. The Morgan fingerprint density at radius 2 is 2.06 bits per heavy atom. The van der Waals surface area contributed by atoms with E-state index < -0.39 is 28.9 Å². The number of aromatic nitrogens is 1. The summed E-state index contributed by atoms with van der Waals surface area (Å²) < 4.78 is 10.9. The molecule has 2 aromatic rings. The van der Waals surface area contributed by atoms with E-state index in [-0.39, 0.29) is 38.3 Å². The molecule has 1 unspecified atom stereocenters. The highest BCUT2D eigenvalue weighted by molar-refractivity contribution is 6.32. The van der Waals surface area contributed by atoms with Gasteiger partial charge in [0.2, 0.25) is 0 Å². The number of aliphatic hydroxyl groups is 1. The summed E-state index contributed by atoms with van der Waals surface area (Å²) in [6.07, 6.45) is 0.744. The molecule has 0 spiro atoms. The minimum atomic E-state index is -1.56. The van der Waals surface area contributed by atoms with Crippen LogP contribution in [0.15, 0.2) is 34.1 Å². The van der Waals surface area contributed by atoms with Gasteiger partial charge >= 0.3 is 5.97 Å². The standard InChI is InChI=1S/C25H30ClN3O7/c1-5-9-25(4,24(33)34)27-22(31)21-19(30)8-10-29(23(21)32)12-16-6-7-20(18(26)11-16)35-13-17-14(2)28-36-15(17)3/h6-7,11,30H,5,8-10,12-13H2,1-4H3,(H,27,31)(H,33,34). The monoisotopic (exact) mass is 519 g/mol. The lowest BCUT2D eigenvalue weighted by atomic mass is 9.95. The van der Waals surface area contributed by atoms with Gasteiger partial charge in [0.05, 0.1) is 16.3 Å². The van der Waals surface area contributed by atoms with Gasteiger partial charge in [-0.2, -0.15) is 0 Å². The molecule has 2 amide bonds. The molecule has 0 aliphatic carbocycles. The number of amides is 2. The third kappa shape index (κ3) is 5.81. The summed E-state index contributed by atoms with van der Waals surface area (Å²) in [4.78, 5) is 39.0. The first-order chi connectivity index (χ1) is 17.0. The summed E-state index contributed by atoms with van der Waals surface area (Å²) in [5.41, 5.74) is 0.257. The summed E-state index contributed by atoms with van der Waals surface area (Å²) in [7, 11) is 0. The number of nitrogens with one attached hydrogen (secondary N) is 1. The first kappa shape index (κ1) is 27.1. The number of halogens is 1. The van der Waals surface area contributed by atoms with Gasteiger partial charge in [-0.05, 0) is 44.9 Å². The number of benzene rings is 1. The molecule has 3 N–H and O–H groups in total. The fourth-order valence-electron chi connectivity index (χ4n) is 4.00. The largest absolute Gasteiger partial charge is 0.511 e. The maximum Gasteiger partial charge on any atom is 0.329 e. The van der Waals surface area contributed by atoms with E-state index >= 15 is 0 Å². The van der Waals surface area contributed by atoms with Gasteiger partial charge in [0.1, 0.15) is 35.0 Å². The fourth-order valence-corrected chi connectivity index (χ4v) is 4.26. The van der Waals surface area contributed by atoms with Crippen LogP contribution in [0.5, 0.6) is 5.75 Å².